The number of guanidine groups is 1. The minimum absolute atomic E-state index is 0.587. The number of aromatic amines is 1. The van der Waals surface area contributed by atoms with Gasteiger partial charge in [0.05, 0.1) is 13.2 Å². The zero-order chi connectivity index (χ0) is 19.4. The van der Waals surface area contributed by atoms with Crippen molar-refractivity contribution >= 4 is 16.9 Å². The summed E-state index contributed by atoms with van der Waals surface area (Å²) in [5.41, 5.74) is 2.58. The Morgan fingerprint density at radius 3 is 3.07 bits per heavy atom. The van der Waals surface area contributed by atoms with Crippen LogP contribution in [0.5, 0.6) is 0 Å². The lowest BCUT2D eigenvalue weighted by Gasteiger charge is -2.12. The number of hydrogen-bond donors (Lipinski definition) is 3. The number of H-pyrrole nitrogens is 1. The molecular weight excluding hydrogens is 352 g/mol. The second-order valence-corrected chi connectivity index (χ2v) is 7.31. The first-order valence-electron chi connectivity index (χ1n) is 10.6. The van der Waals surface area contributed by atoms with E-state index in [1.807, 2.05) is 0 Å². The molecule has 1 aromatic heterocycles. The molecule has 0 spiro atoms. The molecule has 28 heavy (non-hydrogen) atoms. The van der Waals surface area contributed by atoms with E-state index in [9.17, 15) is 0 Å². The normalized spacial score (nSPS) is 17.3. The fraction of sp³-hybridized carbons (Fsp3) is 0.591. The summed E-state index contributed by atoms with van der Waals surface area (Å²) in [5.74, 6) is 1.48. The molecule has 1 aliphatic heterocycles. The van der Waals surface area contributed by atoms with Crippen molar-refractivity contribution in [1.29, 1.82) is 0 Å². The average Bonchev–Trinajstić information content (AvgIpc) is 3.38. The number of ether oxygens (including phenoxy) is 2. The minimum Gasteiger partial charge on any atom is -0.381 e. The van der Waals surface area contributed by atoms with Gasteiger partial charge in [-0.25, -0.2) is 0 Å². The van der Waals surface area contributed by atoms with Crippen LogP contribution in [0.2, 0.25) is 0 Å². The zero-order valence-electron chi connectivity index (χ0n) is 17.0. The van der Waals surface area contributed by atoms with E-state index in [0.29, 0.717) is 5.92 Å². The van der Waals surface area contributed by atoms with E-state index in [-0.39, 0.29) is 0 Å². The standard InChI is InChI=1S/C22H34N4O2/c1-2-23-22(25-12-6-13-27-16-18-10-14-28-17-18)24-11-5-7-19-15-26-21-9-4-3-8-20(19)21/h3-4,8-9,15,18,26H,2,5-7,10-14,16-17H2,1H3,(H2,23,24,25). The Kier molecular flexibility index (Phi) is 8.65. The van der Waals surface area contributed by atoms with Gasteiger partial charge in [0.25, 0.3) is 0 Å². The SMILES string of the molecule is CCNC(=NCCCc1c[nH]c2ccccc12)NCCCOCC1CCOC1. The van der Waals surface area contributed by atoms with Crippen LogP contribution in [-0.2, 0) is 15.9 Å². The molecule has 1 aliphatic rings. The highest BCUT2D eigenvalue weighted by Crippen LogP contribution is 2.18. The molecule has 1 saturated heterocycles. The zero-order valence-corrected chi connectivity index (χ0v) is 17.0. The number of aryl methyl sites for hydroxylation is 1. The van der Waals surface area contributed by atoms with Crippen LogP contribution in [0.1, 0.15) is 31.7 Å². The number of para-hydroxylation sites is 1. The number of fused-ring (bicyclic) bond motifs is 1. The van der Waals surface area contributed by atoms with Crippen molar-refractivity contribution in [3.05, 3.63) is 36.0 Å². The van der Waals surface area contributed by atoms with E-state index in [2.05, 4.69) is 53.0 Å². The molecule has 3 rings (SSSR count). The molecule has 6 heteroatoms. The molecule has 0 aliphatic carbocycles. The average molecular weight is 387 g/mol. The summed E-state index contributed by atoms with van der Waals surface area (Å²) in [4.78, 5) is 8.04. The Hall–Kier alpha value is -2.05. The van der Waals surface area contributed by atoms with Gasteiger partial charge in [0.1, 0.15) is 0 Å². The summed E-state index contributed by atoms with van der Waals surface area (Å²) < 4.78 is 11.1. The maximum absolute atomic E-state index is 5.75. The summed E-state index contributed by atoms with van der Waals surface area (Å²) in [5, 5.41) is 8.04. The highest BCUT2D eigenvalue weighted by molar-refractivity contribution is 5.83. The lowest BCUT2D eigenvalue weighted by atomic mass is 10.1. The molecule has 154 valence electrons. The van der Waals surface area contributed by atoms with Crippen molar-refractivity contribution in [1.82, 2.24) is 15.6 Å². The Labute approximate surface area is 168 Å². The Balaban J connectivity index is 1.31. The number of aromatic nitrogens is 1. The summed E-state index contributed by atoms with van der Waals surface area (Å²) in [6.45, 7) is 7.99. The van der Waals surface area contributed by atoms with Crippen molar-refractivity contribution in [2.45, 2.75) is 32.6 Å². The first-order valence-corrected chi connectivity index (χ1v) is 10.6. The van der Waals surface area contributed by atoms with Gasteiger partial charge in [-0.3, -0.25) is 4.99 Å². The molecule has 1 fully saturated rings. The van der Waals surface area contributed by atoms with Crippen LogP contribution in [-0.4, -0.2) is 57.0 Å². The van der Waals surface area contributed by atoms with Crippen LogP contribution in [0.25, 0.3) is 10.9 Å². The van der Waals surface area contributed by atoms with Crippen molar-refractivity contribution in [3.63, 3.8) is 0 Å². The number of hydrogen-bond acceptors (Lipinski definition) is 3. The summed E-state index contributed by atoms with van der Waals surface area (Å²) in [6.07, 6.45) is 6.30. The smallest absolute Gasteiger partial charge is 0.191 e. The molecule has 2 aromatic rings. The van der Waals surface area contributed by atoms with E-state index in [1.165, 1.54) is 16.5 Å². The van der Waals surface area contributed by atoms with Crippen molar-refractivity contribution in [2.75, 3.05) is 46.1 Å². The Bertz CT molecular complexity index is 722. The molecule has 1 unspecified atom stereocenters. The van der Waals surface area contributed by atoms with Gasteiger partial charge in [-0.05, 0) is 44.2 Å². The second kappa shape index (κ2) is 11.7. The Morgan fingerprint density at radius 1 is 1.29 bits per heavy atom. The first-order chi connectivity index (χ1) is 13.9. The molecule has 3 N–H and O–H groups in total. The maximum Gasteiger partial charge on any atom is 0.191 e. The third-order valence-electron chi connectivity index (χ3n) is 5.03. The van der Waals surface area contributed by atoms with E-state index < -0.39 is 0 Å². The third kappa shape index (κ3) is 6.53. The van der Waals surface area contributed by atoms with Gasteiger partial charge in [0.15, 0.2) is 5.96 Å². The van der Waals surface area contributed by atoms with Crippen LogP contribution in [0.15, 0.2) is 35.5 Å². The van der Waals surface area contributed by atoms with Gasteiger partial charge in [0, 0.05) is 55.9 Å². The van der Waals surface area contributed by atoms with Gasteiger partial charge >= 0.3 is 0 Å². The number of rotatable bonds is 11. The van der Waals surface area contributed by atoms with Crippen LogP contribution >= 0.6 is 0 Å². The molecule has 0 bridgehead atoms. The fourth-order valence-corrected chi connectivity index (χ4v) is 3.49. The number of nitrogens with zero attached hydrogens (tertiary/aromatic N) is 1. The molecule has 0 saturated carbocycles. The van der Waals surface area contributed by atoms with Crippen molar-refractivity contribution in [3.8, 4) is 0 Å². The number of aliphatic imine (C=N–C) groups is 1. The predicted molar refractivity (Wildman–Crippen MR) is 115 cm³/mol. The van der Waals surface area contributed by atoms with E-state index in [4.69, 9.17) is 14.5 Å². The van der Waals surface area contributed by atoms with E-state index in [0.717, 1.165) is 77.7 Å². The molecule has 1 aromatic carbocycles. The van der Waals surface area contributed by atoms with Crippen molar-refractivity contribution in [2.24, 2.45) is 10.9 Å². The Morgan fingerprint density at radius 2 is 2.21 bits per heavy atom. The number of benzene rings is 1. The maximum atomic E-state index is 5.75. The van der Waals surface area contributed by atoms with Gasteiger partial charge < -0.3 is 25.1 Å². The van der Waals surface area contributed by atoms with Crippen LogP contribution in [0.3, 0.4) is 0 Å². The third-order valence-corrected chi connectivity index (χ3v) is 5.03. The minimum atomic E-state index is 0.587. The second-order valence-electron chi connectivity index (χ2n) is 7.31. The first kappa shape index (κ1) is 20.7. The molecule has 0 radical (unpaired) electrons. The summed E-state index contributed by atoms with van der Waals surface area (Å²) in [6, 6.07) is 8.46. The van der Waals surface area contributed by atoms with Gasteiger partial charge in [-0.2, -0.15) is 0 Å². The summed E-state index contributed by atoms with van der Waals surface area (Å²) in [7, 11) is 0. The van der Waals surface area contributed by atoms with Gasteiger partial charge in [-0.15, -0.1) is 0 Å². The van der Waals surface area contributed by atoms with Gasteiger partial charge in [0.2, 0.25) is 0 Å². The highest BCUT2D eigenvalue weighted by Gasteiger charge is 2.15. The van der Waals surface area contributed by atoms with Crippen LogP contribution < -0.4 is 10.6 Å². The largest absolute Gasteiger partial charge is 0.381 e. The van der Waals surface area contributed by atoms with Crippen LogP contribution in [0, 0.1) is 5.92 Å². The molecule has 0 amide bonds. The lowest BCUT2D eigenvalue weighted by molar-refractivity contribution is 0.0888. The summed E-state index contributed by atoms with van der Waals surface area (Å²) >= 11 is 0. The lowest BCUT2D eigenvalue weighted by Crippen LogP contribution is -2.38. The topological polar surface area (TPSA) is 70.7 Å². The fourth-order valence-electron chi connectivity index (χ4n) is 3.49. The highest BCUT2D eigenvalue weighted by atomic mass is 16.5. The van der Waals surface area contributed by atoms with E-state index >= 15 is 0 Å². The monoisotopic (exact) mass is 386 g/mol. The molecule has 2 heterocycles. The van der Waals surface area contributed by atoms with Crippen molar-refractivity contribution < 1.29 is 9.47 Å². The predicted octanol–water partition coefficient (Wildman–Crippen LogP) is 3.10. The number of nitrogens with one attached hydrogen (secondary N) is 3. The molecule has 6 nitrogen and oxygen atoms in total. The van der Waals surface area contributed by atoms with E-state index in [1.54, 1.807) is 0 Å². The van der Waals surface area contributed by atoms with Crippen LogP contribution in [0.4, 0.5) is 0 Å². The molecule has 1 atom stereocenters. The van der Waals surface area contributed by atoms with Gasteiger partial charge in [-0.1, -0.05) is 18.2 Å². The molecular formula is C22H34N4O2. The quantitative estimate of drug-likeness (QED) is 0.315.